The zero-order valence-corrected chi connectivity index (χ0v) is 9.46. The molecule has 1 N–H and O–H groups in total. The second-order valence-corrected chi connectivity index (χ2v) is 3.77. The molecule has 0 saturated heterocycles. The predicted octanol–water partition coefficient (Wildman–Crippen LogP) is 1.41. The molecule has 3 aromatic rings. The first kappa shape index (κ1) is 11.1. The molecule has 8 nitrogen and oxygen atoms in total. The summed E-state index contributed by atoms with van der Waals surface area (Å²) in [6.45, 7) is 0. The molecule has 1 aromatic carbocycles. The minimum Gasteiger partial charge on any atom is -0.507 e. The van der Waals surface area contributed by atoms with Crippen LogP contribution < -0.4 is 0 Å². The number of benzene rings is 1. The number of nitro groups is 1. The fourth-order valence-electron chi connectivity index (χ4n) is 1.72. The lowest BCUT2D eigenvalue weighted by Crippen LogP contribution is -1.89. The van der Waals surface area contributed by atoms with Gasteiger partial charge in [-0.15, -0.1) is 0 Å². The van der Waals surface area contributed by atoms with Gasteiger partial charge in [-0.2, -0.15) is 5.10 Å². The molecular formula is C11H7N5O3. The van der Waals surface area contributed by atoms with Crippen LogP contribution in [0.15, 0.2) is 36.8 Å². The number of hydrogen-bond donors (Lipinski definition) is 1. The monoisotopic (exact) mass is 257 g/mol. The van der Waals surface area contributed by atoms with Crippen molar-refractivity contribution in [1.82, 2.24) is 19.6 Å². The van der Waals surface area contributed by atoms with E-state index < -0.39 is 4.92 Å². The Balaban J connectivity index is 2.13. The second kappa shape index (κ2) is 4.02. The summed E-state index contributed by atoms with van der Waals surface area (Å²) in [7, 11) is 0. The normalized spacial score (nSPS) is 10.7. The topological polar surface area (TPSA) is 106 Å². The number of aromatic hydroxyl groups is 1. The molecule has 0 spiro atoms. The Morgan fingerprint density at radius 2 is 2.16 bits per heavy atom. The van der Waals surface area contributed by atoms with E-state index >= 15 is 0 Å². The first-order valence-corrected chi connectivity index (χ1v) is 5.29. The maximum Gasteiger partial charge on any atom is 0.273 e. The molecule has 0 aliphatic rings. The van der Waals surface area contributed by atoms with Crippen molar-refractivity contribution in [2.45, 2.75) is 0 Å². The molecule has 0 fully saturated rings. The van der Waals surface area contributed by atoms with E-state index in [1.165, 1.54) is 29.0 Å². The number of imidazole rings is 1. The van der Waals surface area contributed by atoms with Crippen molar-refractivity contribution in [1.29, 1.82) is 0 Å². The van der Waals surface area contributed by atoms with E-state index in [1.807, 2.05) is 0 Å². The Bertz CT molecular complexity index is 750. The number of rotatable bonds is 2. The molecule has 0 atom stereocenters. The predicted molar refractivity (Wildman–Crippen MR) is 64.5 cm³/mol. The van der Waals surface area contributed by atoms with Crippen molar-refractivity contribution >= 4 is 11.5 Å². The van der Waals surface area contributed by atoms with Crippen molar-refractivity contribution in [3.8, 4) is 17.0 Å². The van der Waals surface area contributed by atoms with E-state index in [1.54, 1.807) is 6.20 Å². The Labute approximate surface area is 106 Å². The van der Waals surface area contributed by atoms with E-state index in [2.05, 4.69) is 15.1 Å². The number of nitro benzene ring substituents is 1. The molecule has 0 saturated carbocycles. The lowest BCUT2D eigenvalue weighted by Gasteiger charge is -2.00. The van der Waals surface area contributed by atoms with Crippen LogP contribution in [-0.2, 0) is 0 Å². The number of hydrogen-bond acceptors (Lipinski definition) is 6. The molecule has 94 valence electrons. The second-order valence-electron chi connectivity index (χ2n) is 3.77. The third-order valence-electron chi connectivity index (χ3n) is 2.59. The van der Waals surface area contributed by atoms with Gasteiger partial charge in [-0.1, -0.05) is 0 Å². The highest BCUT2D eigenvalue weighted by Gasteiger charge is 2.14. The molecule has 0 bridgehead atoms. The van der Waals surface area contributed by atoms with Gasteiger partial charge < -0.3 is 5.11 Å². The van der Waals surface area contributed by atoms with Gasteiger partial charge in [0.05, 0.1) is 35.3 Å². The van der Waals surface area contributed by atoms with Gasteiger partial charge in [0.2, 0.25) is 0 Å². The Morgan fingerprint density at radius 1 is 1.32 bits per heavy atom. The molecule has 8 heteroatoms. The molecule has 0 aliphatic heterocycles. The van der Waals surface area contributed by atoms with E-state index in [-0.39, 0.29) is 11.4 Å². The van der Waals surface area contributed by atoms with Gasteiger partial charge in [0.25, 0.3) is 11.5 Å². The van der Waals surface area contributed by atoms with E-state index in [9.17, 15) is 15.2 Å². The highest BCUT2D eigenvalue weighted by molar-refractivity contribution is 5.69. The zero-order valence-electron chi connectivity index (χ0n) is 9.46. The van der Waals surface area contributed by atoms with Gasteiger partial charge in [0.1, 0.15) is 5.75 Å². The molecule has 19 heavy (non-hydrogen) atoms. The molecule has 2 aromatic heterocycles. The first-order chi connectivity index (χ1) is 9.15. The average Bonchev–Trinajstić information content (AvgIpc) is 2.81. The van der Waals surface area contributed by atoms with Crippen LogP contribution in [0.25, 0.3) is 17.0 Å². The van der Waals surface area contributed by atoms with Crippen molar-refractivity contribution in [2.24, 2.45) is 0 Å². The van der Waals surface area contributed by atoms with Crippen LogP contribution in [0.5, 0.6) is 5.75 Å². The average molecular weight is 257 g/mol. The van der Waals surface area contributed by atoms with Gasteiger partial charge in [0.15, 0.2) is 0 Å². The number of phenolic OH excluding ortho intramolecular Hbond substituents is 1. The third kappa shape index (κ3) is 1.84. The molecule has 2 heterocycles. The van der Waals surface area contributed by atoms with Gasteiger partial charge in [0, 0.05) is 11.6 Å². The molecule has 0 unspecified atom stereocenters. The maximum atomic E-state index is 10.6. The molecule has 0 amide bonds. The molecule has 3 rings (SSSR count). The Morgan fingerprint density at radius 3 is 2.84 bits per heavy atom. The van der Waals surface area contributed by atoms with Crippen molar-refractivity contribution < 1.29 is 10.0 Å². The molecule has 0 aliphatic carbocycles. The van der Waals surface area contributed by atoms with Crippen LogP contribution >= 0.6 is 0 Å². The van der Waals surface area contributed by atoms with Crippen LogP contribution in [0.3, 0.4) is 0 Å². The van der Waals surface area contributed by atoms with Crippen LogP contribution in [-0.4, -0.2) is 29.6 Å². The van der Waals surface area contributed by atoms with Gasteiger partial charge in [-0.05, 0) is 6.07 Å². The summed E-state index contributed by atoms with van der Waals surface area (Å²) < 4.78 is 1.45. The van der Waals surface area contributed by atoms with Gasteiger partial charge >= 0.3 is 0 Å². The quantitative estimate of drug-likeness (QED) is 0.549. The minimum absolute atomic E-state index is 0.179. The summed E-state index contributed by atoms with van der Waals surface area (Å²) in [5, 5.41) is 24.4. The lowest BCUT2D eigenvalue weighted by molar-refractivity contribution is -0.384. The first-order valence-electron chi connectivity index (χ1n) is 5.29. The summed E-state index contributed by atoms with van der Waals surface area (Å²) in [5.41, 5.74) is 0.651. The molecular weight excluding hydrogens is 250 g/mol. The fraction of sp³-hybridized carbons (Fsp3) is 0. The van der Waals surface area contributed by atoms with Crippen molar-refractivity contribution in [3.05, 3.63) is 46.9 Å². The number of phenols is 1. The third-order valence-corrected chi connectivity index (χ3v) is 2.59. The smallest absolute Gasteiger partial charge is 0.273 e. The number of nitrogens with zero attached hydrogens (tertiary/aromatic N) is 5. The summed E-state index contributed by atoms with van der Waals surface area (Å²) in [6.07, 6.45) is 4.60. The van der Waals surface area contributed by atoms with Crippen molar-refractivity contribution in [2.75, 3.05) is 0 Å². The largest absolute Gasteiger partial charge is 0.507 e. The summed E-state index contributed by atoms with van der Waals surface area (Å²) in [6, 6.07) is 3.83. The lowest BCUT2D eigenvalue weighted by atomic mass is 10.1. The Kier molecular flexibility index (Phi) is 2.34. The van der Waals surface area contributed by atoms with Crippen molar-refractivity contribution in [3.63, 3.8) is 0 Å². The summed E-state index contributed by atoms with van der Waals surface area (Å²) in [5.74, 6) is 0.174. The maximum absolute atomic E-state index is 10.6. The van der Waals surface area contributed by atoms with Gasteiger partial charge in [-0.25, -0.2) is 14.5 Å². The van der Waals surface area contributed by atoms with E-state index in [4.69, 9.17) is 0 Å². The van der Waals surface area contributed by atoms with Crippen LogP contribution in [0.4, 0.5) is 5.69 Å². The number of non-ortho nitro benzene ring substituents is 1. The Hall–Kier alpha value is -3.03. The summed E-state index contributed by atoms with van der Waals surface area (Å²) in [4.78, 5) is 18.2. The standard InChI is InChI=1S/C11H7N5O3/c17-10-5-7(16(18)19)1-2-8(10)9-6-15-11(14-9)12-3-4-13-15/h1-6,17H. The summed E-state index contributed by atoms with van der Waals surface area (Å²) >= 11 is 0. The minimum atomic E-state index is -0.573. The highest BCUT2D eigenvalue weighted by atomic mass is 16.6. The number of aromatic nitrogens is 4. The zero-order chi connectivity index (χ0) is 13.4. The van der Waals surface area contributed by atoms with E-state index in [0.717, 1.165) is 6.07 Å². The molecule has 0 radical (unpaired) electrons. The van der Waals surface area contributed by atoms with Crippen LogP contribution in [0.1, 0.15) is 0 Å². The fourth-order valence-corrected chi connectivity index (χ4v) is 1.72. The number of fused-ring (bicyclic) bond motifs is 1. The van der Waals surface area contributed by atoms with Crippen LogP contribution in [0, 0.1) is 10.1 Å². The highest BCUT2D eigenvalue weighted by Crippen LogP contribution is 2.31. The SMILES string of the molecule is O=[N+]([O-])c1ccc(-c2cn3nccnc3n2)c(O)c1. The van der Waals surface area contributed by atoms with Crippen LogP contribution in [0.2, 0.25) is 0 Å². The van der Waals surface area contributed by atoms with E-state index in [0.29, 0.717) is 17.0 Å². The van der Waals surface area contributed by atoms with Gasteiger partial charge in [-0.3, -0.25) is 10.1 Å².